The number of nitrogens with one attached hydrogen (secondary N) is 3. The molecule has 4 aromatic rings. The van der Waals surface area contributed by atoms with E-state index in [0.29, 0.717) is 10.7 Å². The lowest BCUT2D eigenvalue weighted by molar-refractivity contribution is 0.102. The molecule has 2 heterocycles. The normalized spacial score (nSPS) is 11.2. The number of aromatic amines is 1. The fraction of sp³-hybridized carbons (Fsp3) is 0. The Morgan fingerprint density at radius 2 is 1.76 bits per heavy atom. The van der Waals surface area contributed by atoms with E-state index in [2.05, 4.69) is 25.2 Å². The van der Waals surface area contributed by atoms with Crippen molar-refractivity contribution in [1.82, 2.24) is 15.2 Å². The van der Waals surface area contributed by atoms with Crippen molar-refractivity contribution in [2.75, 3.05) is 10.0 Å². The molecule has 2 aromatic heterocycles. The molecule has 0 spiro atoms. The van der Waals surface area contributed by atoms with Crippen molar-refractivity contribution in [3.63, 3.8) is 0 Å². The van der Waals surface area contributed by atoms with Crippen LogP contribution in [0.4, 0.5) is 10.9 Å². The summed E-state index contributed by atoms with van der Waals surface area (Å²) < 4.78 is 27.0. The maximum Gasteiger partial charge on any atom is 0.263 e. The van der Waals surface area contributed by atoms with Crippen molar-refractivity contribution in [2.24, 2.45) is 0 Å². The summed E-state index contributed by atoms with van der Waals surface area (Å²) in [5.41, 5.74) is 2.06. The Morgan fingerprint density at radius 1 is 1.00 bits per heavy atom. The largest absolute Gasteiger partial charge is 0.298 e. The molecule has 0 unspecified atom stereocenters. The first-order valence-corrected chi connectivity index (χ1v) is 10.8. The molecule has 0 atom stereocenters. The summed E-state index contributed by atoms with van der Waals surface area (Å²) in [7, 11) is -3.78. The molecule has 0 saturated heterocycles. The van der Waals surface area contributed by atoms with Crippen LogP contribution >= 0.6 is 11.3 Å². The van der Waals surface area contributed by atoms with E-state index < -0.39 is 10.0 Å². The highest BCUT2D eigenvalue weighted by molar-refractivity contribution is 7.92. The molecular formula is C19H15N5O3S2. The zero-order valence-electron chi connectivity index (χ0n) is 14.9. The van der Waals surface area contributed by atoms with Crippen LogP contribution in [-0.2, 0) is 10.0 Å². The van der Waals surface area contributed by atoms with Crippen molar-refractivity contribution in [1.29, 1.82) is 0 Å². The highest BCUT2D eigenvalue weighted by Crippen LogP contribution is 2.25. The minimum atomic E-state index is -3.78. The second kappa shape index (κ2) is 7.86. The molecule has 0 radical (unpaired) electrons. The van der Waals surface area contributed by atoms with Crippen LogP contribution in [0.25, 0.3) is 11.3 Å². The minimum absolute atomic E-state index is 0.0317. The molecule has 0 fully saturated rings. The van der Waals surface area contributed by atoms with Crippen LogP contribution < -0.4 is 10.0 Å². The third-order valence-electron chi connectivity index (χ3n) is 3.97. The molecule has 29 heavy (non-hydrogen) atoms. The summed E-state index contributed by atoms with van der Waals surface area (Å²) in [5.74, 6) is -0.116. The first-order valence-electron chi connectivity index (χ1n) is 8.46. The monoisotopic (exact) mass is 425 g/mol. The number of sulfonamides is 1. The number of hydrogen-bond acceptors (Lipinski definition) is 6. The van der Waals surface area contributed by atoms with Crippen molar-refractivity contribution in [2.45, 2.75) is 4.90 Å². The zero-order chi connectivity index (χ0) is 20.3. The van der Waals surface area contributed by atoms with E-state index in [9.17, 15) is 13.2 Å². The summed E-state index contributed by atoms with van der Waals surface area (Å²) in [6, 6.07) is 16.8. The number of carbonyl (C=O) groups is 1. The van der Waals surface area contributed by atoms with Gasteiger partial charge in [0, 0.05) is 22.6 Å². The quantitative estimate of drug-likeness (QED) is 0.436. The van der Waals surface area contributed by atoms with Crippen molar-refractivity contribution >= 4 is 38.2 Å². The molecule has 2 aromatic carbocycles. The van der Waals surface area contributed by atoms with Gasteiger partial charge >= 0.3 is 0 Å². The molecule has 8 nitrogen and oxygen atoms in total. The third kappa shape index (κ3) is 4.33. The van der Waals surface area contributed by atoms with Crippen molar-refractivity contribution in [3.05, 3.63) is 77.8 Å². The van der Waals surface area contributed by atoms with Gasteiger partial charge in [-0.3, -0.25) is 19.9 Å². The Labute approximate surface area is 170 Å². The number of thiazole rings is 1. The van der Waals surface area contributed by atoms with E-state index in [1.807, 2.05) is 35.7 Å². The first kappa shape index (κ1) is 18.8. The lowest BCUT2D eigenvalue weighted by Crippen LogP contribution is -2.15. The Balaban J connectivity index is 1.45. The average Bonchev–Trinajstić information content (AvgIpc) is 3.40. The van der Waals surface area contributed by atoms with Crippen LogP contribution in [0.5, 0.6) is 0 Å². The van der Waals surface area contributed by atoms with Crippen LogP contribution in [0.3, 0.4) is 0 Å². The van der Waals surface area contributed by atoms with Gasteiger partial charge in [0.15, 0.2) is 5.13 Å². The van der Waals surface area contributed by atoms with Gasteiger partial charge in [-0.25, -0.2) is 13.4 Å². The number of H-pyrrole nitrogens is 1. The topological polar surface area (TPSA) is 117 Å². The summed E-state index contributed by atoms with van der Waals surface area (Å²) in [6.07, 6.45) is 1.44. The van der Waals surface area contributed by atoms with E-state index in [0.717, 1.165) is 11.3 Å². The Morgan fingerprint density at radius 3 is 2.45 bits per heavy atom. The molecule has 10 heteroatoms. The zero-order valence-corrected chi connectivity index (χ0v) is 16.5. The molecule has 0 aliphatic heterocycles. The molecule has 0 saturated carbocycles. The summed E-state index contributed by atoms with van der Waals surface area (Å²) in [6.45, 7) is 0. The lowest BCUT2D eigenvalue weighted by atomic mass is 10.2. The van der Waals surface area contributed by atoms with Crippen LogP contribution in [0.15, 0.2) is 77.1 Å². The number of nitrogens with zero attached hydrogens (tertiary/aromatic N) is 2. The summed E-state index contributed by atoms with van der Waals surface area (Å²) >= 11 is 1.32. The van der Waals surface area contributed by atoms with Gasteiger partial charge in [-0.05, 0) is 24.3 Å². The molecular weight excluding hydrogens is 410 g/mol. The van der Waals surface area contributed by atoms with Crippen LogP contribution in [0.2, 0.25) is 0 Å². The Kier molecular flexibility index (Phi) is 5.10. The van der Waals surface area contributed by atoms with Gasteiger partial charge < -0.3 is 0 Å². The molecule has 4 rings (SSSR count). The van der Waals surface area contributed by atoms with Gasteiger partial charge in [-0.2, -0.15) is 5.10 Å². The number of anilines is 2. The van der Waals surface area contributed by atoms with E-state index in [4.69, 9.17) is 0 Å². The van der Waals surface area contributed by atoms with Crippen LogP contribution in [0.1, 0.15) is 10.4 Å². The highest BCUT2D eigenvalue weighted by Gasteiger charge is 2.16. The van der Waals surface area contributed by atoms with Gasteiger partial charge in [-0.15, -0.1) is 11.3 Å². The number of rotatable bonds is 6. The SMILES string of the molecule is O=C(Nc1nc(-c2ccccc2)cs1)c1ccc(S(=O)(=O)Nc2ccn[nH]2)cc1. The maximum atomic E-state index is 12.5. The average molecular weight is 425 g/mol. The van der Waals surface area contributed by atoms with Crippen molar-refractivity contribution in [3.8, 4) is 11.3 Å². The van der Waals surface area contributed by atoms with Crippen LogP contribution in [0, 0.1) is 0 Å². The standard InChI is InChI=1S/C19H15N5O3S2/c25-18(22-19-21-16(12-28-19)13-4-2-1-3-5-13)14-6-8-15(9-7-14)29(26,27)24-17-10-11-20-23-17/h1-12H,(H2,20,23,24)(H,21,22,25). The molecule has 3 N–H and O–H groups in total. The van der Waals surface area contributed by atoms with Gasteiger partial charge in [0.2, 0.25) is 0 Å². The summed E-state index contributed by atoms with van der Waals surface area (Å²) in [5, 5.41) is 11.3. The van der Waals surface area contributed by atoms with E-state index in [-0.39, 0.29) is 16.6 Å². The third-order valence-corrected chi connectivity index (χ3v) is 6.11. The predicted molar refractivity (Wildman–Crippen MR) is 111 cm³/mol. The van der Waals surface area contributed by atoms with Crippen LogP contribution in [-0.4, -0.2) is 29.5 Å². The minimum Gasteiger partial charge on any atom is -0.298 e. The highest BCUT2D eigenvalue weighted by atomic mass is 32.2. The fourth-order valence-electron chi connectivity index (χ4n) is 2.54. The second-order valence-corrected chi connectivity index (χ2v) is 8.50. The smallest absolute Gasteiger partial charge is 0.263 e. The number of amides is 1. The Hall–Kier alpha value is -3.50. The number of hydrogen-bond donors (Lipinski definition) is 3. The first-order chi connectivity index (χ1) is 14.0. The number of carbonyl (C=O) groups excluding carboxylic acids is 1. The molecule has 0 aliphatic carbocycles. The molecule has 1 amide bonds. The van der Waals surface area contributed by atoms with Crippen molar-refractivity contribution < 1.29 is 13.2 Å². The van der Waals surface area contributed by atoms with Gasteiger partial charge in [0.05, 0.1) is 16.8 Å². The van der Waals surface area contributed by atoms with Gasteiger partial charge in [0.1, 0.15) is 5.82 Å². The maximum absolute atomic E-state index is 12.5. The number of aromatic nitrogens is 3. The molecule has 146 valence electrons. The van der Waals surface area contributed by atoms with E-state index in [1.165, 1.54) is 47.9 Å². The fourth-order valence-corrected chi connectivity index (χ4v) is 4.27. The predicted octanol–water partition coefficient (Wildman–Crippen LogP) is 3.59. The Bertz CT molecular complexity index is 1220. The van der Waals surface area contributed by atoms with Gasteiger partial charge in [0.25, 0.3) is 15.9 Å². The number of benzene rings is 2. The van der Waals surface area contributed by atoms with E-state index >= 15 is 0 Å². The molecule has 0 aliphatic rings. The van der Waals surface area contributed by atoms with E-state index in [1.54, 1.807) is 0 Å². The molecule has 0 bridgehead atoms. The van der Waals surface area contributed by atoms with Gasteiger partial charge in [-0.1, -0.05) is 30.3 Å². The summed E-state index contributed by atoms with van der Waals surface area (Å²) in [4.78, 5) is 16.9. The lowest BCUT2D eigenvalue weighted by Gasteiger charge is -2.07. The second-order valence-electron chi connectivity index (χ2n) is 5.96.